The minimum atomic E-state index is -0.980. The van der Waals surface area contributed by atoms with Crippen LogP contribution in [0, 0.1) is 3.57 Å². The van der Waals surface area contributed by atoms with E-state index in [-0.39, 0.29) is 10.7 Å². The predicted molar refractivity (Wildman–Crippen MR) is 104 cm³/mol. The van der Waals surface area contributed by atoms with Crippen LogP contribution in [-0.2, 0) is 6.54 Å². The molecule has 0 unspecified atom stereocenters. The Morgan fingerprint density at radius 3 is 2.46 bits per heavy atom. The Balaban J connectivity index is 1.92. The predicted octanol–water partition coefficient (Wildman–Crippen LogP) is 3.45. The molecule has 3 N–H and O–H groups in total. The first-order valence-corrected chi connectivity index (χ1v) is 8.60. The van der Waals surface area contributed by atoms with Crippen molar-refractivity contribution < 1.29 is 14.7 Å². The van der Waals surface area contributed by atoms with E-state index in [2.05, 4.69) is 33.2 Å². The van der Waals surface area contributed by atoms with E-state index in [4.69, 9.17) is 28.9 Å². The van der Waals surface area contributed by atoms with Crippen molar-refractivity contribution in [2.24, 2.45) is 0 Å². The van der Waals surface area contributed by atoms with E-state index in [9.17, 15) is 9.59 Å². The Bertz CT molecular complexity index is 796. The van der Waals surface area contributed by atoms with E-state index in [0.29, 0.717) is 17.1 Å². The summed E-state index contributed by atoms with van der Waals surface area (Å²) < 4.78 is 0.888. The lowest BCUT2D eigenvalue weighted by atomic mass is 10.1. The van der Waals surface area contributed by atoms with Gasteiger partial charge in [0.2, 0.25) is 0 Å². The van der Waals surface area contributed by atoms with Gasteiger partial charge in [0.05, 0.1) is 16.1 Å². The van der Waals surface area contributed by atoms with Crippen molar-refractivity contribution >= 4 is 63.4 Å². The fourth-order valence-electron chi connectivity index (χ4n) is 1.83. The van der Waals surface area contributed by atoms with Crippen LogP contribution in [0.5, 0.6) is 0 Å². The van der Waals surface area contributed by atoms with E-state index in [1.807, 2.05) is 0 Å². The molecule has 0 aliphatic carbocycles. The smallest absolute Gasteiger partial charge is 0.335 e. The van der Waals surface area contributed by atoms with Gasteiger partial charge < -0.3 is 10.4 Å². The van der Waals surface area contributed by atoms with Crippen molar-refractivity contribution in [2.75, 3.05) is 0 Å². The number of carboxylic acids is 1. The molecule has 2 rings (SSSR count). The van der Waals surface area contributed by atoms with E-state index >= 15 is 0 Å². The van der Waals surface area contributed by atoms with Crippen LogP contribution in [0.1, 0.15) is 26.3 Å². The third-order valence-electron chi connectivity index (χ3n) is 3.05. The molecule has 0 bridgehead atoms. The van der Waals surface area contributed by atoms with Gasteiger partial charge in [0.1, 0.15) is 0 Å². The lowest BCUT2D eigenvalue weighted by Gasteiger charge is -2.11. The molecular formula is C16H12ClIN2O3S. The average Bonchev–Trinajstić information content (AvgIpc) is 2.55. The summed E-state index contributed by atoms with van der Waals surface area (Å²) in [5.74, 6) is -1.37. The number of thiocarbonyl (C=S) groups is 1. The molecule has 0 saturated carbocycles. The van der Waals surface area contributed by atoms with Gasteiger partial charge in [0.15, 0.2) is 5.11 Å². The molecule has 0 aliphatic heterocycles. The highest BCUT2D eigenvalue weighted by atomic mass is 127. The highest BCUT2D eigenvalue weighted by molar-refractivity contribution is 14.1. The second kappa shape index (κ2) is 8.41. The monoisotopic (exact) mass is 474 g/mol. The van der Waals surface area contributed by atoms with Gasteiger partial charge in [-0.2, -0.15) is 0 Å². The van der Waals surface area contributed by atoms with Gasteiger partial charge >= 0.3 is 5.97 Å². The molecule has 0 aromatic heterocycles. The number of carboxylic acid groups (broad SMARTS) is 1. The van der Waals surface area contributed by atoms with Crippen LogP contribution >= 0.6 is 46.4 Å². The number of nitrogens with one attached hydrogen (secondary N) is 2. The Kier molecular flexibility index (Phi) is 6.52. The minimum Gasteiger partial charge on any atom is -0.478 e. The maximum atomic E-state index is 12.2. The summed E-state index contributed by atoms with van der Waals surface area (Å²) in [6, 6.07) is 11.5. The fourth-order valence-corrected chi connectivity index (χ4v) is 2.69. The summed E-state index contributed by atoms with van der Waals surface area (Å²) in [6.07, 6.45) is 0. The molecule has 0 radical (unpaired) electrons. The number of rotatable bonds is 4. The number of carbonyl (C=O) groups is 2. The van der Waals surface area contributed by atoms with Crippen LogP contribution in [0.2, 0.25) is 5.02 Å². The highest BCUT2D eigenvalue weighted by Crippen LogP contribution is 2.18. The van der Waals surface area contributed by atoms with Crippen LogP contribution < -0.4 is 10.6 Å². The van der Waals surface area contributed by atoms with Gasteiger partial charge in [-0.15, -0.1) is 0 Å². The van der Waals surface area contributed by atoms with Crippen molar-refractivity contribution in [1.29, 1.82) is 0 Å². The lowest BCUT2D eigenvalue weighted by Crippen LogP contribution is -2.39. The SMILES string of the molecule is O=C(O)c1ccc(CNC(=S)NC(=O)c2cc(I)ccc2Cl)cc1. The van der Waals surface area contributed by atoms with Crippen LogP contribution in [0.3, 0.4) is 0 Å². The van der Waals surface area contributed by atoms with E-state index in [1.165, 1.54) is 12.1 Å². The number of halogens is 2. The zero-order valence-electron chi connectivity index (χ0n) is 12.2. The molecule has 0 saturated heterocycles. The first kappa shape index (κ1) is 18.6. The second-order valence-electron chi connectivity index (χ2n) is 4.76. The van der Waals surface area contributed by atoms with E-state index in [0.717, 1.165) is 9.13 Å². The van der Waals surface area contributed by atoms with Gasteiger partial charge in [-0.1, -0.05) is 23.7 Å². The standard InChI is InChI=1S/C16H12ClIN2O3S/c17-13-6-5-11(18)7-12(13)14(21)20-16(24)19-8-9-1-3-10(4-2-9)15(22)23/h1-7H,8H2,(H,22,23)(H2,19,20,21,24). The van der Waals surface area contributed by atoms with E-state index in [1.54, 1.807) is 30.3 Å². The highest BCUT2D eigenvalue weighted by Gasteiger charge is 2.12. The summed E-state index contributed by atoms with van der Waals surface area (Å²) in [5, 5.41) is 14.8. The molecule has 5 nitrogen and oxygen atoms in total. The van der Waals surface area contributed by atoms with Gasteiger partial charge in [-0.05, 0) is 70.7 Å². The molecule has 0 fully saturated rings. The molecular weight excluding hydrogens is 463 g/mol. The van der Waals surface area contributed by atoms with Crippen LogP contribution in [0.4, 0.5) is 0 Å². The van der Waals surface area contributed by atoms with Crippen molar-refractivity contribution in [3.05, 3.63) is 67.7 Å². The molecule has 24 heavy (non-hydrogen) atoms. The maximum absolute atomic E-state index is 12.2. The van der Waals surface area contributed by atoms with E-state index < -0.39 is 11.9 Å². The van der Waals surface area contributed by atoms with Gasteiger partial charge in [-0.25, -0.2) is 4.79 Å². The van der Waals surface area contributed by atoms with Crippen LogP contribution in [0.25, 0.3) is 0 Å². The second-order valence-corrected chi connectivity index (χ2v) is 6.82. The molecule has 2 aromatic carbocycles. The first-order valence-electron chi connectivity index (χ1n) is 6.73. The first-order chi connectivity index (χ1) is 11.4. The molecule has 8 heteroatoms. The zero-order chi connectivity index (χ0) is 17.7. The summed E-state index contributed by atoms with van der Waals surface area (Å²) in [5.41, 5.74) is 1.39. The topological polar surface area (TPSA) is 78.4 Å². The largest absolute Gasteiger partial charge is 0.478 e. The minimum absolute atomic E-state index is 0.164. The van der Waals surface area contributed by atoms with Gasteiger partial charge in [0.25, 0.3) is 5.91 Å². The normalized spacial score (nSPS) is 10.1. The number of hydrogen-bond donors (Lipinski definition) is 3. The Morgan fingerprint density at radius 1 is 1.17 bits per heavy atom. The molecule has 0 heterocycles. The maximum Gasteiger partial charge on any atom is 0.335 e. The Labute approximate surface area is 162 Å². The molecule has 0 aliphatic rings. The van der Waals surface area contributed by atoms with Crippen molar-refractivity contribution in [3.8, 4) is 0 Å². The van der Waals surface area contributed by atoms with Crippen molar-refractivity contribution in [1.82, 2.24) is 10.6 Å². The van der Waals surface area contributed by atoms with Crippen LogP contribution in [-0.4, -0.2) is 22.1 Å². The van der Waals surface area contributed by atoms with Gasteiger partial charge in [0, 0.05) is 10.1 Å². The number of aromatic carboxylic acids is 1. The molecule has 124 valence electrons. The summed E-state index contributed by atoms with van der Waals surface area (Å²) >= 11 is 13.2. The van der Waals surface area contributed by atoms with Crippen molar-refractivity contribution in [2.45, 2.75) is 6.54 Å². The summed E-state index contributed by atoms with van der Waals surface area (Å²) in [6.45, 7) is 0.360. The summed E-state index contributed by atoms with van der Waals surface area (Å²) in [7, 11) is 0. The molecule has 0 atom stereocenters. The molecule has 0 spiro atoms. The average molecular weight is 475 g/mol. The number of carbonyl (C=O) groups excluding carboxylic acids is 1. The van der Waals surface area contributed by atoms with Crippen LogP contribution in [0.15, 0.2) is 42.5 Å². The number of hydrogen-bond acceptors (Lipinski definition) is 3. The molecule has 1 amide bonds. The van der Waals surface area contributed by atoms with Gasteiger partial charge in [-0.3, -0.25) is 10.1 Å². The third kappa shape index (κ3) is 5.15. The lowest BCUT2D eigenvalue weighted by molar-refractivity contribution is 0.0696. The molecule has 2 aromatic rings. The number of amides is 1. The number of benzene rings is 2. The quantitative estimate of drug-likeness (QED) is 0.467. The Morgan fingerprint density at radius 2 is 1.83 bits per heavy atom. The zero-order valence-corrected chi connectivity index (χ0v) is 15.9. The van der Waals surface area contributed by atoms with Crippen molar-refractivity contribution in [3.63, 3.8) is 0 Å². The third-order valence-corrected chi connectivity index (χ3v) is 4.30. The summed E-state index contributed by atoms with van der Waals surface area (Å²) in [4.78, 5) is 23.0. The Hall–Kier alpha value is -1.71. The fraction of sp³-hybridized carbons (Fsp3) is 0.0625.